The third-order valence-electron chi connectivity index (χ3n) is 7.90. The summed E-state index contributed by atoms with van der Waals surface area (Å²) in [6.45, 7) is 0.452. The Hall–Kier alpha value is -2.73. The van der Waals surface area contributed by atoms with Gasteiger partial charge in [0.15, 0.2) is 0 Å². The number of aromatic nitrogens is 2. The highest BCUT2D eigenvalue weighted by Gasteiger charge is 2.53. The topological polar surface area (TPSA) is 55.3 Å². The SMILES string of the molecule is COc1ccccc1C(=O)N(Cc1ccccc1)c1nnc(C23CC4CC(CC(C4)C2)C3)s1. The van der Waals surface area contributed by atoms with Crippen molar-refractivity contribution in [3.05, 3.63) is 70.7 Å². The molecule has 6 heteroatoms. The molecule has 170 valence electrons. The first-order chi connectivity index (χ1) is 16.1. The van der Waals surface area contributed by atoms with Crippen LogP contribution in [-0.2, 0) is 12.0 Å². The molecular weight excluding hydrogens is 430 g/mol. The Morgan fingerprint density at radius 1 is 0.970 bits per heavy atom. The quantitative estimate of drug-likeness (QED) is 0.463. The van der Waals surface area contributed by atoms with Crippen molar-refractivity contribution < 1.29 is 9.53 Å². The van der Waals surface area contributed by atoms with E-state index in [4.69, 9.17) is 9.84 Å². The Morgan fingerprint density at radius 2 is 1.61 bits per heavy atom. The molecule has 0 saturated heterocycles. The maximum Gasteiger partial charge on any atom is 0.264 e. The van der Waals surface area contributed by atoms with Crippen molar-refractivity contribution in [2.24, 2.45) is 17.8 Å². The van der Waals surface area contributed by atoms with Gasteiger partial charge in [0.1, 0.15) is 10.8 Å². The molecule has 4 bridgehead atoms. The Bertz CT molecular complexity index is 1120. The minimum absolute atomic E-state index is 0.107. The molecular formula is C27H29N3O2S. The first kappa shape index (κ1) is 20.8. The monoisotopic (exact) mass is 459 g/mol. The zero-order chi connectivity index (χ0) is 22.4. The van der Waals surface area contributed by atoms with Crippen LogP contribution < -0.4 is 9.64 Å². The summed E-state index contributed by atoms with van der Waals surface area (Å²) < 4.78 is 5.49. The molecule has 1 aromatic heterocycles. The molecule has 0 atom stereocenters. The largest absolute Gasteiger partial charge is 0.496 e. The van der Waals surface area contributed by atoms with E-state index in [0.717, 1.165) is 28.3 Å². The van der Waals surface area contributed by atoms with Crippen LogP contribution in [0.25, 0.3) is 0 Å². The minimum Gasteiger partial charge on any atom is -0.496 e. The number of rotatable bonds is 6. The van der Waals surface area contributed by atoms with Gasteiger partial charge >= 0.3 is 0 Å². The van der Waals surface area contributed by atoms with Gasteiger partial charge in [-0.05, 0) is 74.0 Å². The van der Waals surface area contributed by atoms with Crippen LogP contribution in [0.1, 0.15) is 59.5 Å². The summed E-state index contributed by atoms with van der Waals surface area (Å²) in [6.07, 6.45) is 7.93. The van der Waals surface area contributed by atoms with Gasteiger partial charge in [0, 0.05) is 5.41 Å². The predicted octanol–water partition coefficient (Wildman–Crippen LogP) is 5.86. The maximum atomic E-state index is 13.8. The van der Waals surface area contributed by atoms with Gasteiger partial charge in [0.25, 0.3) is 5.91 Å². The number of nitrogens with zero attached hydrogens (tertiary/aromatic N) is 3. The van der Waals surface area contributed by atoms with Crippen molar-refractivity contribution in [1.82, 2.24) is 10.2 Å². The fourth-order valence-corrected chi connectivity index (χ4v) is 7.93. The van der Waals surface area contributed by atoms with E-state index >= 15 is 0 Å². The normalized spacial score (nSPS) is 27.5. The van der Waals surface area contributed by atoms with Gasteiger partial charge in [0.2, 0.25) is 5.13 Å². The summed E-state index contributed by atoms with van der Waals surface area (Å²) in [7, 11) is 1.60. The number of hydrogen-bond donors (Lipinski definition) is 0. The van der Waals surface area contributed by atoms with Crippen molar-refractivity contribution in [2.75, 3.05) is 12.0 Å². The summed E-state index contributed by atoms with van der Waals surface area (Å²) in [5.74, 6) is 3.01. The van der Waals surface area contributed by atoms with Gasteiger partial charge in [-0.2, -0.15) is 0 Å². The van der Waals surface area contributed by atoms with E-state index in [9.17, 15) is 4.79 Å². The molecule has 0 aliphatic heterocycles. The second-order valence-electron chi connectivity index (χ2n) is 10.2. The molecule has 1 amide bonds. The van der Waals surface area contributed by atoms with Crippen LogP contribution in [0.5, 0.6) is 5.75 Å². The van der Waals surface area contributed by atoms with Crippen LogP contribution in [0.4, 0.5) is 5.13 Å². The van der Waals surface area contributed by atoms with Crippen molar-refractivity contribution in [1.29, 1.82) is 0 Å². The van der Waals surface area contributed by atoms with Crippen molar-refractivity contribution in [2.45, 2.75) is 50.5 Å². The predicted molar refractivity (Wildman–Crippen MR) is 130 cm³/mol. The zero-order valence-electron chi connectivity index (χ0n) is 18.9. The van der Waals surface area contributed by atoms with Gasteiger partial charge in [-0.1, -0.05) is 53.8 Å². The lowest BCUT2D eigenvalue weighted by Crippen LogP contribution is -2.48. The van der Waals surface area contributed by atoms with E-state index < -0.39 is 0 Å². The van der Waals surface area contributed by atoms with E-state index in [0.29, 0.717) is 23.0 Å². The number of benzene rings is 2. The Kier molecular flexibility index (Phi) is 5.21. The molecule has 0 radical (unpaired) electrons. The molecule has 5 nitrogen and oxygen atoms in total. The smallest absolute Gasteiger partial charge is 0.264 e. The molecule has 2 aromatic carbocycles. The molecule has 0 unspecified atom stereocenters. The van der Waals surface area contributed by atoms with Crippen LogP contribution in [-0.4, -0.2) is 23.2 Å². The zero-order valence-corrected chi connectivity index (χ0v) is 19.8. The standard InChI is InChI=1S/C27H29N3O2S/c1-32-23-10-6-5-9-22(23)24(31)30(17-18-7-3-2-4-8-18)26-29-28-25(33-26)27-14-19-11-20(15-27)13-21(12-19)16-27/h2-10,19-21H,11-17H2,1H3. The molecule has 0 N–H and O–H groups in total. The van der Waals surface area contributed by atoms with Crippen molar-refractivity contribution in [3.8, 4) is 5.75 Å². The van der Waals surface area contributed by atoms with Crippen LogP contribution >= 0.6 is 11.3 Å². The first-order valence-corrected chi connectivity index (χ1v) is 12.8. The van der Waals surface area contributed by atoms with Gasteiger partial charge in [-0.25, -0.2) is 0 Å². The van der Waals surface area contributed by atoms with Crippen LogP contribution in [0.15, 0.2) is 54.6 Å². The number of amides is 1. The van der Waals surface area contributed by atoms with Gasteiger partial charge in [-0.15, -0.1) is 10.2 Å². The lowest BCUT2D eigenvalue weighted by atomic mass is 9.50. The third-order valence-corrected chi connectivity index (χ3v) is 9.10. The summed E-state index contributed by atoms with van der Waals surface area (Å²) in [6, 6.07) is 17.5. The Labute approximate surface area is 198 Å². The summed E-state index contributed by atoms with van der Waals surface area (Å²) in [5, 5.41) is 11.2. The average Bonchev–Trinajstić information content (AvgIpc) is 3.33. The Balaban J connectivity index is 1.36. The van der Waals surface area contributed by atoms with Crippen molar-refractivity contribution in [3.63, 3.8) is 0 Å². The fraction of sp³-hybridized carbons (Fsp3) is 0.444. The summed E-state index contributed by atoms with van der Waals surface area (Å²) >= 11 is 1.63. The Morgan fingerprint density at radius 3 is 2.27 bits per heavy atom. The van der Waals surface area contributed by atoms with E-state index in [-0.39, 0.29) is 11.3 Å². The number of ether oxygens (including phenoxy) is 1. The molecule has 4 aliphatic rings. The van der Waals surface area contributed by atoms with Crippen molar-refractivity contribution >= 4 is 22.4 Å². The number of hydrogen-bond acceptors (Lipinski definition) is 5. The first-order valence-electron chi connectivity index (χ1n) is 12.0. The van der Waals surface area contributed by atoms with E-state index in [2.05, 4.69) is 5.10 Å². The molecule has 33 heavy (non-hydrogen) atoms. The number of methoxy groups -OCH3 is 1. The molecule has 3 aromatic rings. The third kappa shape index (κ3) is 3.74. The highest BCUT2D eigenvalue weighted by Crippen LogP contribution is 2.61. The molecule has 4 saturated carbocycles. The summed E-state index contributed by atoms with van der Waals surface area (Å²) in [5.41, 5.74) is 1.78. The number of para-hydroxylation sites is 1. The molecule has 4 fully saturated rings. The van der Waals surface area contributed by atoms with Crippen LogP contribution in [0.3, 0.4) is 0 Å². The molecule has 1 heterocycles. The highest BCUT2D eigenvalue weighted by molar-refractivity contribution is 7.15. The molecule has 4 aliphatic carbocycles. The molecule has 7 rings (SSSR count). The molecule has 0 spiro atoms. The lowest BCUT2D eigenvalue weighted by Gasteiger charge is -2.55. The lowest BCUT2D eigenvalue weighted by molar-refractivity contribution is -0.00555. The van der Waals surface area contributed by atoms with Gasteiger partial charge in [0.05, 0.1) is 19.2 Å². The number of carbonyl (C=O) groups is 1. The highest BCUT2D eigenvalue weighted by atomic mass is 32.1. The minimum atomic E-state index is -0.107. The van der Waals surface area contributed by atoms with Gasteiger partial charge in [-0.3, -0.25) is 9.69 Å². The number of carbonyl (C=O) groups excluding carboxylic acids is 1. The fourth-order valence-electron chi connectivity index (χ4n) is 6.87. The van der Waals surface area contributed by atoms with Gasteiger partial charge < -0.3 is 4.74 Å². The maximum absolute atomic E-state index is 13.8. The van der Waals surface area contributed by atoms with E-state index in [1.54, 1.807) is 23.3 Å². The van der Waals surface area contributed by atoms with Crippen LogP contribution in [0, 0.1) is 17.8 Å². The van der Waals surface area contributed by atoms with E-state index in [1.165, 1.54) is 38.5 Å². The summed E-state index contributed by atoms with van der Waals surface area (Å²) in [4.78, 5) is 15.5. The second kappa shape index (κ2) is 8.24. The van der Waals surface area contributed by atoms with E-state index in [1.807, 2.05) is 54.6 Å². The number of anilines is 1. The second-order valence-corrected chi connectivity index (χ2v) is 11.1. The average molecular weight is 460 g/mol. The van der Waals surface area contributed by atoms with Crippen LogP contribution in [0.2, 0.25) is 0 Å².